The molecule has 0 saturated heterocycles. The number of hydrogen-bond acceptors (Lipinski definition) is 3. The Kier molecular flexibility index (Phi) is 3.43. The first-order valence-corrected chi connectivity index (χ1v) is 5.34. The van der Waals surface area contributed by atoms with E-state index in [9.17, 15) is 4.79 Å². The van der Waals surface area contributed by atoms with E-state index < -0.39 is 5.97 Å². The minimum Gasteiger partial charge on any atom is -0.485 e. The molecule has 1 aromatic carbocycles. The van der Waals surface area contributed by atoms with Gasteiger partial charge in [-0.3, -0.25) is 0 Å². The summed E-state index contributed by atoms with van der Waals surface area (Å²) in [6, 6.07) is 9.23. The molecule has 0 amide bonds. The Hall–Kier alpha value is -2.56. The SMILES string of the molecule is C=CCOc1cn(-c2ccccc2)nc1C(=O)O. The molecule has 18 heavy (non-hydrogen) atoms. The van der Waals surface area contributed by atoms with Gasteiger partial charge >= 0.3 is 5.97 Å². The van der Waals surface area contributed by atoms with Crippen LogP contribution in [0.1, 0.15) is 10.5 Å². The summed E-state index contributed by atoms with van der Waals surface area (Å²) in [7, 11) is 0. The number of aromatic carboxylic acids is 1. The number of para-hydroxylation sites is 1. The Morgan fingerprint density at radius 2 is 2.17 bits per heavy atom. The normalized spacial score (nSPS) is 10.0. The van der Waals surface area contributed by atoms with Crippen molar-refractivity contribution < 1.29 is 14.6 Å². The summed E-state index contributed by atoms with van der Waals surface area (Å²) < 4.78 is 6.74. The number of ether oxygens (including phenoxy) is 1. The molecule has 1 N–H and O–H groups in total. The topological polar surface area (TPSA) is 64.4 Å². The van der Waals surface area contributed by atoms with Gasteiger partial charge in [0.15, 0.2) is 5.75 Å². The third-order valence-corrected chi connectivity index (χ3v) is 2.26. The molecule has 1 aromatic heterocycles. The van der Waals surface area contributed by atoms with Crippen molar-refractivity contribution in [2.45, 2.75) is 0 Å². The van der Waals surface area contributed by atoms with Gasteiger partial charge in [-0.15, -0.1) is 0 Å². The first-order valence-electron chi connectivity index (χ1n) is 5.34. The number of benzene rings is 1. The van der Waals surface area contributed by atoms with Gasteiger partial charge in [0.1, 0.15) is 6.61 Å². The zero-order valence-corrected chi connectivity index (χ0v) is 9.61. The van der Waals surface area contributed by atoms with Crippen molar-refractivity contribution >= 4 is 5.97 Å². The Bertz CT molecular complexity index is 561. The van der Waals surface area contributed by atoms with Crippen LogP contribution in [0.3, 0.4) is 0 Å². The van der Waals surface area contributed by atoms with Crippen molar-refractivity contribution in [3.8, 4) is 11.4 Å². The predicted octanol–water partition coefficient (Wildman–Crippen LogP) is 2.14. The van der Waals surface area contributed by atoms with Crippen molar-refractivity contribution in [3.05, 3.63) is 54.9 Å². The molecule has 5 nitrogen and oxygen atoms in total. The van der Waals surface area contributed by atoms with Gasteiger partial charge in [0, 0.05) is 0 Å². The number of rotatable bonds is 5. The van der Waals surface area contributed by atoms with E-state index in [0.717, 1.165) is 5.69 Å². The van der Waals surface area contributed by atoms with Crippen molar-refractivity contribution in [1.29, 1.82) is 0 Å². The van der Waals surface area contributed by atoms with Crippen molar-refractivity contribution in [3.63, 3.8) is 0 Å². The molecule has 0 atom stereocenters. The lowest BCUT2D eigenvalue weighted by atomic mass is 10.3. The van der Waals surface area contributed by atoms with E-state index in [0.29, 0.717) is 0 Å². The molecule has 0 aliphatic heterocycles. The number of hydrogen-bond donors (Lipinski definition) is 1. The Labute approximate surface area is 104 Å². The monoisotopic (exact) mass is 244 g/mol. The third-order valence-electron chi connectivity index (χ3n) is 2.26. The van der Waals surface area contributed by atoms with Gasteiger partial charge in [-0.25, -0.2) is 9.48 Å². The summed E-state index contributed by atoms with van der Waals surface area (Å²) in [6.07, 6.45) is 3.09. The van der Waals surface area contributed by atoms with Gasteiger partial charge in [0.2, 0.25) is 5.69 Å². The zero-order chi connectivity index (χ0) is 13.0. The fourth-order valence-corrected chi connectivity index (χ4v) is 1.47. The number of aromatic nitrogens is 2. The van der Waals surface area contributed by atoms with Gasteiger partial charge in [-0.1, -0.05) is 30.9 Å². The second-order valence-electron chi connectivity index (χ2n) is 3.53. The van der Waals surface area contributed by atoms with Crippen molar-refractivity contribution in [2.24, 2.45) is 0 Å². The molecule has 2 rings (SSSR count). The van der Waals surface area contributed by atoms with Crippen molar-refractivity contribution in [2.75, 3.05) is 6.61 Å². The van der Waals surface area contributed by atoms with Crippen LogP contribution in [0.25, 0.3) is 5.69 Å². The fraction of sp³-hybridized carbons (Fsp3) is 0.0769. The summed E-state index contributed by atoms with van der Waals surface area (Å²) in [6.45, 7) is 3.75. The van der Waals surface area contributed by atoms with Crippen LogP contribution in [0.15, 0.2) is 49.2 Å². The van der Waals surface area contributed by atoms with Crippen LogP contribution in [-0.2, 0) is 0 Å². The summed E-state index contributed by atoms with van der Waals surface area (Å²) in [5.74, 6) is -0.894. The molecule has 0 bridgehead atoms. The molecule has 2 aromatic rings. The number of nitrogens with zero attached hydrogens (tertiary/aromatic N) is 2. The highest BCUT2D eigenvalue weighted by Gasteiger charge is 2.17. The lowest BCUT2D eigenvalue weighted by Crippen LogP contribution is -2.03. The van der Waals surface area contributed by atoms with E-state index in [-0.39, 0.29) is 18.1 Å². The van der Waals surface area contributed by atoms with E-state index in [1.54, 1.807) is 12.3 Å². The van der Waals surface area contributed by atoms with E-state index in [4.69, 9.17) is 9.84 Å². The lowest BCUT2D eigenvalue weighted by Gasteiger charge is -1.99. The van der Waals surface area contributed by atoms with Gasteiger partial charge in [-0.2, -0.15) is 5.10 Å². The summed E-state index contributed by atoms with van der Waals surface area (Å²) in [4.78, 5) is 11.0. The van der Waals surface area contributed by atoms with Gasteiger partial charge < -0.3 is 9.84 Å². The van der Waals surface area contributed by atoms with Crippen LogP contribution in [-0.4, -0.2) is 27.5 Å². The highest BCUT2D eigenvalue weighted by molar-refractivity contribution is 5.88. The maximum Gasteiger partial charge on any atom is 0.360 e. The number of carboxylic acids is 1. The first-order chi connectivity index (χ1) is 8.72. The summed E-state index contributed by atoms with van der Waals surface area (Å²) in [5, 5.41) is 13.0. The molecule has 0 fully saturated rings. The molecule has 0 saturated carbocycles. The van der Waals surface area contributed by atoms with E-state index >= 15 is 0 Å². The maximum atomic E-state index is 11.0. The minimum absolute atomic E-state index is 0.110. The molecule has 1 heterocycles. The quantitative estimate of drug-likeness (QED) is 0.818. The Morgan fingerprint density at radius 1 is 1.44 bits per heavy atom. The van der Waals surface area contributed by atoms with E-state index in [2.05, 4.69) is 11.7 Å². The molecule has 5 heteroatoms. The molecule has 0 spiro atoms. The number of carboxylic acid groups (broad SMARTS) is 1. The van der Waals surface area contributed by atoms with Crippen LogP contribution >= 0.6 is 0 Å². The molecule has 0 unspecified atom stereocenters. The predicted molar refractivity (Wildman–Crippen MR) is 66.2 cm³/mol. The van der Waals surface area contributed by atoms with Crippen LogP contribution in [0.5, 0.6) is 5.75 Å². The maximum absolute atomic E-state index is 11.0. The zero-order valence-electron chi connectivity index (χ0n) is 9.61. The largest absolute Gasteiger partial charge is 0.485 e. The highest BCUT2D eigenvalue weighted by atomic mass is 16.5. The second-order valence-corrected chi connectivity index (χ2v) is 3.53. The molecular weight excluding hydrogens is 232 g/mol. The molecule has 92 valence electrons. The van der Waals surface area contributed by atoms with E-state index in [1.807, 2.05) is 30.3 Å². The smallest absolute Gasteiger partial charge is 0.360 e. The Balaban J connectivity index is 2.39. The average molecular weight is 244 g/mol. The second kappa shape index (κ2) is 5.18. The Morgan fingerprint density at radius 3 is 2.78 bits per heavy atom. The third kappa shape index (κ3) is 2.40. The van der Waals surface area contributed by atoms with Crippen molar-refractivity contribution in [1.82, 2.24) is 9.78 Å². The van der Waals surface area contributed by atoms with Gasteiger partial charge in [-0.05, 0) is 12.1 Å². The van der Waals surface area contributed by atoms with Crippen LogP contribution in [0, 0.1) is 0 Å². The molecule has 0 aliphatic rings. The van der Waals surface area contributed by atoms with Crippen LogP contribution < -0.4 is 4.74 Å². The van der Waals surface area contributed by atoms with Crippen LogP contribution in [0.4, 0.5) is 0 Å². The van der Waals surface area contributed by atoms with Gasteiger partial charge in [0.05, 0.1) is 11.9 Å². The minimum atomic E-state index is -1.12. The van der Waals surface area contributed by atoms with E-state index in [1.165, 1.54) is 4.68 Å². The lowest BCUT2D eigenvalue weighted by molar-refractivity contribution is 0.0686. The molecular formula is C13H12N2O3. The number of carbonyl (C=O) groups is 1. The fourth-order valence-electron chi connectivity index (χ4n) is 1.47. The standard InChI is InChI=1S/C13H12N2O3/c1-2-8-18-11-9-15(14-12(11)13(16)17)10-6-4-3-5-7-10/h2-7,9H,1,8H2,(H,16,17). The molecule has 0 aliphatic carbocycles. The molecule has 0 radical (unpaired) electrons. The summed E-state index contributed by atoms with van der Waals surface area (Å²) >= 11 is 0. The average Bonchev–Trinajstić information content (AvgIpc) is 2.81. The first kappa shape index (κ1) is 11.9. The summed E-state index contributed by atoms with van der Waals surface area (Å²) in [5.41, 5.74) is 0.661. The highest BCUT2D eigenvalue weighted by Crippen LogP contribution is 2.19. The van der Waals surface area contributed by atoms with Gasteiger partial charge in [0.25, 0.3) is 0 Å². The van der Waals surface area contributed by atoms with Crippen LogP contribution in [0.2, 0.25) is 0 Å².